The van der Waals surface area contributed by atoms with Crippen LogP contribution in [0.15, 0.2) is 23.6 Å². The van der Waals surface area contributed by atoms with Gasteiger partial charge in [-0.3, -0.25) is 9.59 Å². The van der Waals surface area contributed by atoms with E-state index in [1.807, 2.05) is 13.8 Å². The molecule has 1 aromatic carbocycles. The third-order valence-corrected chi connectivity index (χ3v) is 4.13. The lowest BCUT2D eigenvalue weighted by molar-refractivity contribution is 0.0955. The van der Waals surface area contributed by atoms with Gasteiger partial charge in [0, 0.05) is 29.6 Å². The average Bonchev–Trinajstić information content (AvgIpc) is 2.98. The lowest BCUT2D eigenvalue weighted by atomic mass is 10.1. The van der Waals surface area contributed by atoms with Gasteiger partial charge < -0.3 is 16.4 Å². The van der Waals surface area contributed by atoms with Gasteiger partial charge in [0.15, 0.2) is 0 Å². The Labute approximate surface area is 139 Å². The maximum Gasteiger partial charge on any atom is 0.275 e. The molecule has 0 aliphatic carbocycles. The van der Waals surface area contributed by atoms with Crippen LogP contribution in [0.3, 0.4) is 0 Å². The van der Waals surface area contributed by atoms with Crippen LogP contribution in [0.1, 0.15) is 38.3 Å². The van der Waals surface area contributed by atoms with Crippen LogP contribution in [0.25, 0.3) is 0 Å². The molecule has 2 aromatic rings. The highest BCUT2D eigenvalue weighted by Gasteiger charge is 2.13. The number of rotatable bonds is 6. The molecule has 0 radical (unpaired) electrons. The number of carbonyl (C=O) groups excluding carboxylic acids is 2. The zero-order valence-electron chi connectivity index (χ0n) is 13.2. The van der Waals surface area contributed by atoms with Gasteiger partial charge in [0.1, 0.15) is 5.69 Å². The van der Waals surface area contributed by atoms with Crippen molar-refractivity contribution in [1.29, 1.82) is 0 Å². The van der Waals surface area contributed by atoms with Crippen LogP contribution in [-0.4, -0.2) is 29.9 Å². The van der Waals surface area contributed by atoms with Gasteiger partial charge in [-0.25, -0.2) is 4.98 Å². The number of hydrogen-bond donors (Lipinski definition) is 3. The van der Waals surface area contributed by atoms with E-state index in [0.717, 1.165) is 10.6 Å². The minimum absolute atomic E-state index is 0.126. The fraction of sp³-hybridized carbons (Fsp3) is 0.312. The number of carbonyl (C=O) groups is 2. The van der Waals surface area contributed by atoms with Crippen LogP contribution in [0.4, 0.5) is 5.69 Å². The first-order valence-electron chi connectivity index (χ1n) is 7.39. The normalized spacial score (nSPS) is 10.4. The van der Waals surface area contributed by atoms with Gasteiger partial charge in [-0.05, 0) is 44.2 Å². The predicted molar refractivity (Wildman–Crippen MR) is 92.0 cm³/mol. The van der Waals surface area contributed by atoms with Gasteiger partial charge in [-0.15, -0.1) is 11.3 Å². The fourth-order valence-electron chi connectivity index (χ4n) is 2.05. The van der Waals surface area contributed by atoms with E-state index in [4.69, 9.17) is 5.73 Å². The van der Waals surface area contributed by atoms with Crippen molar-refractivity contribution in [1.82, 2.24) is 10.3 Å². The van der Waals surface area contributed by atoms with Gasteiger partial charge in [0.25, 0.3) is 11.8 Å². The number of hydrogen-bond acceptors (Lipinski definition) is 5. The van der Waals surface area contributed by atoms with Crippen LogP contribution in [0, 0.1) is 6.92 Å². The number of nitrogens with one attached hydrogen (secondary N) is 2. The highest BCUT2D eigenvalue weighted by molar-refractivity contribution is 7.09. The van der Waals surface area contributed by atoms with Crippen molar-refractivity contribution in [2.24, 2.45) is 5.73 Å². The van der Waals surface area contributed by atoms with Crippen LogP contribution in [0.5, 0.6) is 0 Å². The number of aryl methyl sites for hydroxylation is 1. The van der Waals surface area contributed by atoms with Crippen LogP contribution < -0.4 is 16.4 Å². The Kier molecular flexibility index (Phi) is 5.84. The smallest absolute Gasteiger partial charge is 0.275 e. The molecular formula is C16H20N4O2S. The first kappa shape index (κ1) is 17.1. The van der Waals surface area contributed by atoms with E-state index in [9.17, 15) is 9.59 Å². The van der Waals surface area contributed by atoms with Crippen molar-refractivity contribution in [3.8, 4) is 0 Å². The summed E-state index contributed by atoms with van der Waals surface area (Å²) >= 11 is 1.42. The summed E-state index contributed by atoms with van der Waals surface area (Å²) in [7, 11) is 0. The number of nitrogens with two attached hydrogens (primary N) is 1. The first-order valence-corrected chi connectivity index (χ1v) is 8.27. The number of benzene rings is 1. The van der Waals surface area contributed by atoms with Crippen molar-refractivity contribution < 1.29 is 9.59 Å². The predicted octanol–water partition coefficient (Wildman–Crippen LogP) is 1.95. The van der Waals surface area contributed by atoms with Gasteiger partial charge in [0.05, 0.1) is 5.01 Å². The molecule has 122 valence electrons. The molecule has 23 heavy (non-hydrogen) atoms. The van der Waals surface area contributed by atoms with Crippen LogP contribution in [0.2, 0.25) is 0 Å². The molecule has 7 heteroatoms. The molecule has 2 amide bonds. The molecule has 0 aliphatic heterocycles. The summed E-state index contributed by atoms with van der Waals surface area (Å²) in [5, 5.41) is 8.14. The molecule has 0 unspecified atom stereocenters. The maximum absolute atomic E-state index is 12.2. The monoisotopic (exact) mass is 332 g/mol. The van der Waals surface area contributed by atoms with Crippen molar-refractivity contribution in [2.75, 3.05) is 18.4 Å². The number of aromatic nitrogens is 1. The Morgan fingerprint density at radius 2 is 2.09 bits per heavy atom. The molecule has 4 N–H and O–H groups in total. The lowest BCUT2D eigenvalue weighted by Gasteiger charge is -2.09. The average molecular weight is 332 g/mol. The second-order valence-electron chi connectivity index (χ2n) is 5.01. The molecule has 0 aliphatic rings. The summed E-state index contributed by atoms with van der Waals surface area (Å²) in [4.78, 5) is 28.3. The summed E-state index contributed by atoms with van der Waals surface area (Å²) < 4.78 is 0. The first-order chi connectivity index (χ1) is 11.0. The van der Waals surface area contributed by atoms with Gasteiger partial charge in [-0.2, -0.15) is 0 Å². The minimum Gasteiger partial charge on any atom is -0.352 e. The third-order valence-electron chi connectivity index (χ3n) is 3.22. The van der Waals surface area contributed by atoms with E-state index in [1.54, 1.807) is 23.6 Å². The largest absolute Gasteiger partial charge is 0.352 e. The van der Waals surface area contributed by atoms with Crippen LogP contribution >= 0.6 is 11.3 Å². The summed E-state index contributed by atoms with van der Waals surface area (Å²) in [5.41, 5.74) is 7.92. The van der Waals surface area contributed by atoms with Gasteiger partial charge in [0.2, 0.25) is 0 Å². The zero-order valence-corrected chi connectivity index (χ0v) is 14.0. The zero-order chi connectivity index (χ0) is 16.8. The van der Waals surface area contributed by atoms with E-state index >= 15 is 0 Å². The molecule has 0 bridgehead atoms. The molecule has 6 nitrogen and oxygen atoms in total. The van der Waals surface area contributed by atoms with Crippen molar-refractivity contribution >= 4 is 28.8 Å². The summed E-state index contributed by atoms with van der Waals surface area (Å²) in [6, 6.07) is 5.17. The molecule has 0 fully saturated rings. The molecule has 1 aromatic heterocycles. The second-order valence-corrected chi connectivity index (χ2v) is 5.95. The molecular weight excluding hydrogens is 312 g/mol. The molecule has 1 heterocycles. The Hall–Kier alpha value is -2.25. The fourth-order valence-corrected chi connectivity index (χ4v) is 2.84. The Balaban J connectivity index is 2.09. The van der Waals surface area contributed by atoms with Gasteiger partial charge in [-0.1, -0.05) is 0 Å². The molecule has 0 atom stereocenters. The maximum atomic E-state index is 12.2. The molecule has 0 spiro atoms. The second kappa shape index (κ2) is 7.85. The number of anilines is 1. The minimum atomic E-state index is -0.265. The van der Waals surface area contributed by atoms with Crippen molar-refractivity contribution in [3.05, 3.63) is 45.4 Å². The van der Waals surface area contributed by atoms with E-state index in [2.05, 4.69) is 15.6 Å². The Bertz CT molecular complexity index is 712. The SMILES string of the molecule is CCNC(=O)c1ccc(NC(=O)c2csc(CCN)n2)c(C)c1. The topological polar surface area (TPSA) is 97.1 Å². The van der Waals surface area contributed by atoms with E-state index < -0.39 is 0 Å². The van der Waals surface area contributed by atoms with Crippen molar-refractivity contribution in [3.63, 3.8) is 0 Å². The molecule has 0 saturated heterocycles. The van der Waals surface area contributed by atoms with Crippen LogP contribution in [-0.2, 0) is 6.42 Å². The van der Waals surface area contributed by atoms with Crippen molar-refractivity contribution in [2.45, 2.75) is 20.3 Å². The lowest BCUT2D eigenvalue weighted by Crippen LogP contribution is -2.22. The molecule has 2 rings (SSSR count). The Morgan fingerprint density at radius 1 is 1.30 bits per heavy atom. The summed E-state index contributed by atoms with van der Waals surface area (Å²) in [6.45, 7) is 4.80. The quantitative estimate of drug-likeness (QED) is 0.753. The van der Waals surface area contributed by atoms with E-state index in [1.165, 1.54) is 11.3 Å². The van der Waals surface area contributed by atoms with E-state index in [-0.39, 0.29) is 11.8 Å². The van der Waals surface area contributed by atoms with E-state index in [0.29, 0.717) is 36.5 Å². The number of thiazole rings is 1. The number of amides is 2. The highest BCUT2D eigenvalue weighted by atomic mass is 32.1. The van der Waals surface area contributed by atoms with Gasteiger partial charge >= 0.3 is 0 Å². The molecule has 0 saturated carbocycles. The number of nitrogens with zero attached hydrogens (tertiary/aromatic N) is 1. The highest BCUT2D eigenvalue weighted by Crippen LogP contribution is 2.18. The Morgan fingerprint density at radius 3 is 2.74 bits per heavy atom. The standard InChI is InChI=1S/C16H20N4O2S/c1-3-18-15(21)11-4-5-12(10(2)8-11)20-16(22)13-9-23-14(19-13)6-7-17/h4-5,8-9H,3,6-7,17H2,1-2H3,(H,18,21)(H,20,22). The summed E-state index contributed by atoms with van der Waals surface area (Å²) in [6.07, 6.45) is 0.665. The third kappa shape index (κ3) is 4.37. The summed E-state index contributed by atoms with van der Waals surface area (Å²) in [5.74, 6) is -0.391.